The van der Waals surface area contributed by atoms with E-state index in [-0.39, 0.29) is 16.7 Å². The van der Waals surface area contributed by atoms with Gasteiger partial charge in [-0.25, -0.2) is 0 Å². The molecular formula is C13H13IN2O2S. The number of nitrogens with zero attached hydrogens (tertiary/aromatic N) is 1. The van der Waals surface area contributed by atoms with E-state index in [1.807, 2.05) is 19.9 Å². The summed E-state index contributed by atoms with van der Waals surface area (Å²) in [6, 6.07) is 9.36. The van der Waals surface area contributed by atoms with Crippen LogP contribution in [0.2, 0.25) is 0 Å². The van der Waals surface area contributed by atoms with Crippen molar-refractivity contribution >= 4 is 45.3 Å². The average Bonchev–Trinajstić information content (AvgIpc) is 2.78. The van der Waals surface area contributed by atoms with Crippen LogP contribution < -0.4 is 5.32 Å². The van der Waals surface area contributed by atoms with Gasteiger partial charge < -0.3 is 5.32 Å². The first-order chi connectivity index (χ1) is 8.97. The molecule has 0 aliphatic carbocycles. The number of nitro groups is 1. The molecule has 2 aromatic rings. The molecule has 0 bridgehead atoms. The number of nitrogens with one attached hydrogen (secondary N) is 1. The van der Waals surface area contributed by atoms with Gasteiger partial charge in [0, 0.05) is 19.4 Å². The van der Waals surface area contributed by atoms with Gasteiger partial charge in [-0.05, 0) is 60.7 Å². The van der Waals surface area contributed by atoms with Crippen molar-refractivity contribution in [2.45, 2.75) is 19.9 Å². The highest BCUT2D eigenvalue weighted by molar-refractivity contribution is 14.1. The second-order valence-corrected chi connectivity index (χ2v) is 6.80. The molecule has 6 heteroatoms. The van der Waals surface area contributed by atoms with E-state index in [1.54, 1.807) is 23.5 Å². The van der Waals surface area contributed by atoms with Crippen molar-refractivity contribution in [3.8, 4) is 0 Å². The minimum Gasteiger partial charge on any atom is -0.372 e. The molecule has 0 saturated carbocycles. The molecule has 0 spiro atoms. The van der Waals surface area contributed by atoms with Crippen LogP contribution in [-0.4, -0.2) is 4.92 Å². The van der Waals surface area contributed by atoms with Gasteiger partial charge in [0.15, 0.2) is 0 Å². The molecule has 0 aliphatic rings. The van der Waals surface area contributed by atoms with E-state index in [1.165, 1.54) is 9.75 Å². The first-order valence-corrected chi connectivity index (χ1v) is 7.63. The summed E-state index contributed by atoms with van der Waals surface area (Å²) in [5.74, 6) is 0. The summed E-state index contributed by atoms with van der Waals surface area (Å²) in [6.45, 7) is 4.06. The summed E-state index contributed by atoms with van der Waals surface area (Å²) in [6.07, 6.45) is 0. The third kappa shape index (κ3) is 3.44. The van der Waals surface area contributed by atoms with Gasteiger partial charge in [0.2, 0.25) is 0 Å². The molecule has 1 unspecified atom stereocenters. The van der Waals surface area contributed by atoms with Crippen LogP contribution in [0.25, 0.3) is 0 Å². The summed E-state index contributed by atoms with van der Waals surface area (Å²) < 4.78 is 0.856. The number of thiophene rings is 1. The van der Waals surface area contributed by atoms with E-state index in [9.17, 15) is 10.1 Å². The number of hydrogen-bond donors (Lipinski definition) is 1. The standard InChI is InChI=1S/C13H13IN2O2S/c1-8-3-6-13(19-8)9(2)15-11-5-4-10(14)7-12(11)16(17)18/h3-7,9,15H,1-2H3. The maximum atomic E-state index is 11.1. The summed E-state index contributed by atoms with van der Waals surface area (Å²) in [5, 5.41) is 14.3. The molecule has 100 valence electrons. The molecule has 1 aromatic carbocycles. The molecule has 1 heterocycles. The lowest BCUT2D eigenvalue weighted by atomic mass is 10.2. The van der Waals surface area contributed by atoms with Gasteiger partial charge in [0.25, 0.3) is 5.69 Å². The zero-order valence-corrected chi connectivity index (χ0v) is 13.5. The van der Waals surface area contributed by atoms with Crippen molar-refractivity contribution in [2.75, 3.05) is 5.32 Å². The van der Waals surface area contributed by atoms with E-state index in [0.717, 1.165) is 3.57 Å². The summed E-state index contributed by atoms with van der Waals surface area (Å²) in [4.78, 5) is 13.1. The predicted octanol–water partition coefficient (Wildman–Crippen LogP) is 4.74. The summed E-state index contributed by atoms with van der Waals surface area (Å²) >= 11 is 3.77. The second kappa shape index (κ2) is 5.87. The van der Waals surface area contributed by atoms with E-state index >= 15 is 0 Å². The van der Waals surface area contributed by atoms with Crippen LogP contribution in [0.15, 0.2) is 30.3 Å². The summed E-state index contributed by atoms with van der Waals surface area (Å²) in [5.41, 5.74) is 0.677. The molecule has 4 nitrogen and oxygen atoms in total. The van der Waals surface area contributed by atoms with E-state index in [4.69, 9.17) is 0 Å². The highest BCUT2D eigenvalue weighted by atomic mass is 127. The van der Waals surface area contributed by atoms with Crippen LogP contribution in [0.5, 0.6) is 0 Å². The van der Waals surface area contributed by atoms with Crippen LogP contribution >= 0.6 is 33.9 Å². The molecule has 19 heavy (non-hydrogen) atoms. The third-order valence-corrected chi connectivity index (χ3v) is 4.57. The van der Waals surface area contributed by atoms with Crippen molar-refractivity contribution in [1.29, 1.82) is 0 Å². The van der Waals surface area contributed by atoms with Gasteiger partial charge >= 0.3 is 0 Å². The third-order valence-electron chi connectivity index (χ3n) is 2.72. The van der Waals surface area contributed by atoms with Gasteiger partial charge in [-0.2, -0.15) is 0 Å². The average molecular weight is 388 g/mol. The molecule has 0 amide bonds. The van der Waals surface area contributed by atoms with Crippen molar-refractivity contribution in [2.24, 2.45) is 0 Å². The molecule has 0 fully saturated rings. The van der Waals surface area contributed by atoms with Crippen LogP contribution in [-0.2, 0) is 0 Å². The highest BCUT2D eigenvalue weighted by Crippen LogP contribution is 2.31. The number of rotatable bonds is 4. The molecule has 0 radical (unpaired) electrons. The Hall–Kier alpha value is -1.15. The predicted molar refractivity (Wildman–Crippen MR) is 86.9 cm³/mol. The minimum absolute atomic E-state index is 0.0532. The minimum atomic E-state index is -0.350. The Bertz CT molecular complexity index is 612. The number of anilines is 1. The van der Waals surface area contributed by atoms with E-state index in [2.05, 4.69) is 40.0 Å². The Morgan fingerprint density at radius 3 is 2.68 bits per heavy atom. The van der Waals surface area contributed by atoms with Crippen molar-refractivity contribution in [3.63, 3.8) is 0 Å². The molecule has 0 saturated heterocycles. The molecule has 1 aromatic heterocycles. The fourth-order valence-electron chi connectivity index (χ4n) is 1.77. The number of benzene rings is 1. The monoisotopic (exact) mass is 388 g/mol. The molecule has 1 N–H and O–H groups in total. The van der Waals surface area contributed by atoms with Crippen LogP contribution in [0.1, 0.15) is 22.7 Å². The number of nitro benzene ring substituents is 1. The Morgan fingerprint density at radius 1 is 1.37 bits per heavy atom. The quantitative estimate of drug-likeness (QED) is 0.468. The van der Waals surface area contributed by atoms with Crippen molar-refractivity contribution in [3.05, 3.63) is 53.8 Å². The maximum Gasteiger partial charge on any atom is 0.293 e. The van der Waals surface area contributed by atoms with Gasteiger partial charge in [-0.1, -0.05) is 0 Å². The number of hydrogen-bond acceptors (Lipinski definition) is 4. The number of halogens is 1. The zero-order valence-electron chi connectivity index (χ0n) is 10.5. The largest absolute Gasteiger partial charge is 0.372 e. The van der Waals surface area contributed by atoms with Crippen LogP contribution in [0.3, 0.4) is 0 Å². The topological polar surface area (TPSA) is 55.2 Å². The van der Waals surface area contributed by atoms with Crippen LogP contribution in [0, 0.1) is 20.6 Å². The number of aryl methyl sites for hydroxylation is 1. The van der Waals surface area contributed by atoms with E-state index < -0.39 is 0 Å². The SMILES string of the molecule is Cc1ccc(C(C)Nc2ccc(I)cc2[N+](=O)[O-])s1. The van der Waals surface area contributed by atoms with Crippen LogP contribution in [0.4, 0.5) is 11.4 Å². The molecular weight excluding hydrogens is 375 g/mol. The Labute approximate surface area is 129 Å². The summed E-state index contributed by atoms with van der Waals surface area (Å²) in [7, 11) is 0. The van der Waals surface area contributed by atoms with Crippen molar-refractivity contribution in [1.82, 2.24) is 0 Å². The Morgan fingerprint density at radius 2 is 2.11 bits per heavy atom. The van der Waals surface area contributed by atoms with E-state index in [0.29, 0.717) is 5.69 Å². The molecule has 0 aliphatic heterocycles. The van der Waals surface area contributed by atoms with Gasteiger partial charge in [0.05, 0.1) is 11.0 Å². The lowest BCUT2D eigenvalue weighted by Gasteiger charge is -2.14. The lowest BCUT2D eigenvalue weighted by molar-refractivity contribution is -0.384. The Kier molecular flexibility index (Phi) is 4.41. The first kappa shape index (κ1) is 14.3. The molecule has 2 rings (SSSR count). The smallest absolute Gasteiger partial charge is 0.293 e. The second-order valence-electron chi connectivity index (χ2n) is 4.23. The fraction of sp³-hybridized carbons (Fsp3) is 0.231. The normalized spacial score (nSPS) is 12.2. The Balaban J connectivity index is 2.26. The maximum absolute atomic E-state index is 11.1. The fourth-order valence-corrected chi connectivity index (χ4v) is 3.12. The lowest BCUT2D eigenvalue weighted by Crippen LogP contribution is -2.07. The molecule has 1 atom stereocenters. The van der Waals surface area contributed by atoms with Gasteiger partial charge in [0.1, 0.15) is 5.69 Å². The first-order valence-electron chi connectivity index (χ1n) is 5.74. The van der Waals surface area contributed by atoms with Gasteiger partial charge in [-0.3, -0.25) is 10.1 Å². The van der Waals surface area contributed by atoms with Gasteiger partial charge in [-0.15, -0.1) is 11.3 Å². The highest BCUT2D eigenvalue weighted by Gasteiger charge is 2.17. The van der Waals surface area contributed by atoms with Crippen molar-refractivity contribution < 1.29 is 4.92 Å². The zero-order chi connectivity index (χ0) is 14.0.